The van der Waals surface area contributed by atoms with Gasteiger partial charge in [0.05, 0.1) is 116 Å². The summed E-state index contributed by atoms with van der Waals surface area (Å²) < 4.78 is 78.7. The molecule has 1 N–H and O–H groups in total. The molecule has 5 aliphatic heterocycles. The minimum absolute atomic E-state index is 0. The van der Waals surface area contributed by atoms with Gasteiger partial charge in [-0.2, -0.15) is 0 Å². The van der Waals surface area contributed by atoms with Crippen molar-refractivity contribution in [2.45, 2.75) is 171 Å². The van der Waals surface area contributed by atoms with Gasteiger partial charge in [0.2, 0.25) is 13.6 Å². The minimum atomic E-state index is -1.23. The third-order valence-electron chi connectivity index (χ3n) is 19.9. The predicted octanol–water partition coefficient (Wildman–Crippen LogP) is 12.7. The Morgan fingerprint density at radius 1 is 0.411 bits per heavy atom. The van der Waals surface area contributed by atoms with Crippen molar-refractivity contribution >= 4 is 113 Å². The molecule has 0 aromatic heterocycles. The van der Waals surface area contributed by atoms with E-state index in [1.54, 1.807) is 62.3 Å². The van der Waals surface area contributed by atoms with E-state index in [1.165, 1.54) is 141 Å². The van der Waals surface area contributed by atoms with E-state index in [9.17, 15) is 87.9 Å². The van der Waals surface area contributed by atoms with Gasteiger partial charge < -0.3 is 81.3 Å². The minimum Gasteiger partial charge on any atom is -0.460 e. The molecule has 0 saturated carbocycles. The Kier molecular flexibility index (Phi) is 41.8. The van der Waals surface area contributed by atoms with Crippen LogP contribution in [-0.4, -0.2) is 237 Å². The van der Waals surface area contributed by atoms with E-state index in [-0.39, 0.29) is 172 Å². The second kappa shape index (κ2) is 50.3. The number of hydrogen-bond donors (Lipinski definition) is 1. The molecule has 3 aromatic carbocycles. The summed E-state index contributed by atoms with van der Waals surface area (Å²) in [4.78, 5) is 196. The van der Waals surface area contributed by atoms with Crippen molar-refractivity contribution in [3.8, 4) is 0 Å². The molecule has 0 bridgehead atoms. The summed E-state index contributed by atoms with van der Waals surface area (Å²) in [6.07, 6.45) is -3.39. The van der Waals surface area contributed by atoms with Gasteiger partial charge in [0.1, 0.15) is 25.4 Å². The maximum atomic E-state index is 13.6. The van der Waals surface area contributed by atoms with Crippen LogP contribution < -0.4 is 5.32 Å². The smallest absolute Gasteiger partial charge is 0.421 e. The van der Waals surface area contributed by atoms with E-state index in [0.29, 0.717) is 38.8 Å². The van der Waals surface area contributed by atoms with Crippen LogP contribution in [0.5, 0.6) is 0 Å². The second-order valence-electron chi connectivity index (χ2n) is 30.9. The third-order valence-corrected chi connectivity index (χ3v) is 20.0. The molecule has 129 heavy (non-hydrogen) atoms. The molecule has 0 radical (unpaired) electrons. The number of piperidine rings is 2. The summed E-state index contributed by atoms with van der Waals surface area (Å²) in [5, 5.41) is 37.8. The Labute approximate surface area is 755 Å². The number of nitro benzene ring substituents is 3. The van der Waals surface area contributed by atoms with Crippen molar-refractivity contribution in [2.75, 3.05) is 107 Å². The number of halogens is 2. The number of nitrogens with zero attached hydrogens (tertiary/aromatic N) is 7. The van der Waals surface area contributed by atoms with E-state index in [4.69, 9.17) is 82.7 Å². The Morgan fingerprint density at radius 3 is 0.953 bits per heavy atom. The van der Waals surface area contributed by atoms with Gasteiger partial charge in [-0.3, -0.25) is 54.6 Å². The van der Waals surface area contributed by atoms with Crippen LogP contribution in [0.1, 0.15) is 164 Å². The van der Waals surface area contributed by atoms with Gasteiger partial charge in [-0.25, -0.2) is 47.9 Å². The number of methoxy groups -OCH3 is 3. The molecule has 5 heterocycles. The molecule has 2 fully saturated rings. The molecule has 43 heteroatoms. The first-order valence-corrected chi connectivity index (χ1v) is 41.1. The number of allylic oxidation sites excluding steroid dienone is 6. The van der Waals surface area contributed by atoms with Gasteiger partial charge in [-0.05, 0) is 159 Å². The molecule has 2 saturated heterocycles. The molecule has 41 nitrogen and oxygen atoms in total. The molecule has 5 aliphatic rings. The number of nitro groups is 3. The maximum Gasteiger partial charge on any atom is 0.421 e. The number of non-ortho nitro benzene ring substituents is 3. The number of hydrogen-bond acceptors (Lipinski definition) is 34. The number of nitrogens with one attached hydrogen (secondary N) is 1. The Hall–Kier alpha value is -12.4. The lowest BCUT2D eigenvalue weighted by atomic mass is 9.79. The summed E-state index contributed by atoms with van der Waals surface area (Å²) in [6, 6.07) is 15.9. The fraction of sp³-hybridized carbons (Fsp3) is 0.512. The molecule has 0 spiro atoms. The number of alkyl halides is 1. The first-order chi connectivity index (χ1) is 60.5. The first kappa shape index (κ1) is 107. The zero-order valence-corrected chi connectivity index (χ0v) is 76.5. The number of carbonyl (C=O) groups is 12. The summed E-state index contributed by atoms with van der Waals surface area (Å²) in [7, 11) is 4.27. The number of ether oxygens (including phenoxy) is 15. The summed E-state index contributed by atoms with van der Waals surface area (Å²) >= 11 is 5.57. The number of benzene rings is 3. The molecular formula is C86H110Cl2N8O33. The van der Waals surface area contributed by atoms with Gasteiger partial charge >= 0.3 is 72.1 Å². The highest BCUT2D eigenvalue weighted by Crippen LogP contribution is 2.48. The number of amides is 4. The van der Waals surface area contributed by atoms with Crippen molar-refractivity contribution in [2.24, 2.45) is 11.8 Å². The highest BCUT2D eigenvalue weighted by atomic mass is 35.5. The van der Waals surface area contributed by atoms with Crippen molar-refractivity contribution in [1.29, 1.82) is 0 Å². The topological polar surface area (TPSA) is 498 Å². The van der Waals surface area contributed by atoms with Crippen LogP contribution in [0.4, 0.5) is 36.2 Å². The average molecular weight is 1850 g/mol. The van der Waals surface area contributed by atoms with E-state index in [0.717, 1.165) is 14.7 Å². The van der Waals surface area contributed by atoms with Crippen LogP contribution in [-0.2, 0) is 109 Å². The van der Waals surface area contributed by atoms with Gasteiger partial charge in [-0.1, -0.05) is 48.0 Å². The van der Waals surface area contributed by atoms with E-state index >= 15 is 0 Å². The van der Waals surface area contributed by atoms with Crippen molar-refractivity contribution in [3.05, 3.63) is 187 Å². The Balaban J connectivity index is 0.000000347. The largest absolute Gasteiger partial charge is 0.460 e. The standard InChI is InChI=1S/C34H45N3O13.C29H37N3O11.C23H27ClN2O9.ClH/c1-20(2)49-31(40)27-22(4)36(33(42)48-19-47-29(38)23-12-14-35(15-13-23)32(41)50-34(5,6)7)21(3)26(30(39)46-17-16-45-8)28(27)24-10-9-11-25(18-24)37(43)44;1-17(2)43-28(35)24-19(4)31(29(36)42-16-41-26(33)20-9-11-30-12-10-20)18(3)23(27(34)40-14-13-39-5)25(24)21-7-6-8-22(15-21)32(37)38;1-13(2)35-22(28)19-15(4)25(23(29)34-12-24)14(3)18(21(27)33-10-9-32-5)20(19)16-7-6-8-17(11-16)26(30)31;/h9-11,18,20,23,28H,12-17,19H2,1-8H3;6-8,15,17,20,25,30H,9-14,16H2,1-5H3;6-8,11,13,20H,9-10,12H2,1-5H3;1H. The van der Waals surface area contributed by atoms with Crippen LogP contribution in [0.15, 0.2) is 140 Å². The van der Waals surface area contributed by atoms with Gasteiger partial charge in [0.25, 0.3) is 17.1 Å². The van der Waals surface area contributed by atoms with Crippen LogP contribution in [0.25, 0.3) is 0 Å². The third kappa shape index (κ3) is 29.0. The molecule has 8 rings (SSSR count). The Morgan fingerprint density at radius 2 is 0.690 bits per heavy atom. The average Bonchev–Trinajstić information content (AvgIpc) is 0.753. The molecule has 0 aliphatic carbocycles. The van der Waals surface area contributed by atoms with Gasteiger partial charge in [0, 0.05) is 105 Å². The molecule has 3 unspecified atom stereocenters. The lowest BCUT2D eigenvalue weighted by molar-refractivity contribution is -0.385. The summed E-state index contributed by atoms with van der Waals surface area (Å²) in [5.74, 6) is -10.7. The first-order valence-electron chi connectivity index (χ1n) is 40.6. The summed E-state index contributed by atoms with van der Waals surface area (Å²) in [5.41, 5.74) is -1.17. The molecule has 3 aromatic rings. The normalized spacial score (nSPS) is 16.7. The van der Waals surface area contributed by atoms with Crippen molar-refractivity contribution in [1.82, 2.24) is 24.9 Å². The molecular weight excluding hydrogens is 1740 g/mol. The van der Waals surface area contributed by atoms with Crippen LogP contribution in [0.2, 0.25) is 0 Å². The fourth-order valence-electron chi connectivity index (χ4n) is 14.2. The number of likely N-dealkylation sites (tertiary alicyclic amines) is 1. The van der Waals surface area contributed by atoms with Crippen LogP contribution >= 0.6 is 24.0 Å². The predicted molar refractivity (Wildman–Crippen MR) is 457 cm³/mol. The lowest BCUT2D eigenvalue weighted by Crippen LogP contribution is -2.43. The van der Waals surface area contributed by atoms with E-state index in [1.807, 2.05) is 0 Å². The second-order valence-corrected chi connectivity index (χ2v) is 31.1. The number of esters is 8. The van der Waals surface area contributed by atoms with Crippen molar-refractivity contribution < 1.29 is 143 Å². The van der Waals surface area contributed by atoms with Crippen LogP contribution in [0, 0.1) is 42.2 Å². The molecule has 4 amide bonds. The number of rotatable bonds is 31. The van der Waals surface area contributed by atoms with Crippen molar-refractivity contribution in [3.63, 3.8) is 0 Å². The number of carbonyl (C=O) groups excluding carboxylic acids is 12. The quantitative estimate of drug-likeness (QED) is 0.0119. The molecule has 706 valence electrons. The SMILES string of the molecule is COCCOC(=O)C1=C(C)N(C(=O)OCCl)C(C)=C(C(=O)OC(C)C)C1c1cccc([N+](=O)[O-])c1.COCCOC(=O)C1=C(C)N(C(=O)OCOC(=O)C2CCN(C(=O)OC(C)(C)C)CC2)C(C)=C(C(=O)OC(C)C)C1c1cccc([N+](=O)[O-])c1.COCCOC(=O)C1=C(C)N(C(=O)OCOC(=O)C2CCNCC2)C(C)=C(C(=O)OC(C)C)C1c1cccc([N+](=O)[O-])c1.Cl. The van der Waals surface area contributed by atoms with Crippen LogP contribution in [0.3, 0.4) is 0 Å². The molecule has 3 atom stereocenters. The zero-order valence-electron chi connectivity index (χ0n) is 75.0. The van der Waals surface area contributed by atoms with Gasteiger partial charge in [0.15, 0.2) is 6.07 Å². The van der Waals surface area contributed by atoms with E-state index < -0.39 is 154 Å². The maximum absolute atomic E-state index is 13.6. The zero-order chi connectivity index (χ0) is 95.3. The highest BCUT2D eigenvalue weighted by molar-refractivity contribution is 6.17. The fourth-order valence-corrected chi connectivity index (χ4v) is 14.3. The highest BCUT2D eigenvalue weighted by Gasteiger charge is 2.48. The summed E-state index contributed by atoms with van der Waals surface area (Å²) in [6.45, 7) is 24.0. The lowest BCUT2D eigenvalue weighted by Gasteiger charge is -2.36. The van der Waals surface area contributed by atoms with Gasteiger partial charge in [-0.15, -0.1) is 12.4 Å². The monoisotopic (exact) mass is 1850 g/mol. The van der Waals surface area contributed by atoms with E-state index in [2.05, 4.69) is 5.32 Å². The Bertz CT molecular complexity index is 4840.